The van der Waals surface area contributed by atoms with Crippen LogP contribution in [0.3, 0.4) is 0 Å². The van der Waals surface area contributed by atoms with Crippen LogP contribution in [0.1, 0.15) is 46.0 Å². The van der Waals surface area contributed by atoms with Crippen LogP contribution in [0.15, 0.2) is 0 Å². The highest BCUT2D eigenvalue weighted by molar-refractivity contribution is 5.74. The molecule has 1 rings (SSSR count). The molecule has 1 aliphatic rings. The molecule has 1 saturated carbocycles. The predicted molar refractivity (Wildman–Crippen MR) is 73.8 cm³/mol. The normalized spacial score (nSPS) is 26.0. The molecule has 4 unspecified atom stereocenters. The van der Waals surface area contributed by atoms with Crippen LogP contribution in [-0.4, -0.2) is 36.0 Å². The van der Waals surface area contributed by atoms with E-state index in [0.717, 1.165) is 0 Å². The smallest absolute Gasteiger partial charge is 0.391 e. The van der Waals surface area contributed by atoms with E-state index >= 15 is 0 Å². The number of alkyl halides is 3. The summed E-state index contributed by atoms with van der Waals surface area (Å²) in [6.07, 6.45) is -2.87. The number of aliphatic hydroxyl groups excluding tert-OH is 1. The standard InChI is InChI=1S/C14H25F3N2O2/c1-9(6-10(2)20)8-18-13(21)19-12-5-3-4-11(7-12)14(15,16)17/h9-12,20H,3-8H2,1-2H3,(H2,18,19,21). The van der Waals surface area contributed by atoms with E-state index < -0.39 is 30.3 Å². The summed E-state index contributed by atoms with van der Waals surface area (Å²) in [6, 6.07) is -0.849. The number of nitrogens with one attached hydrogen (secondary N) is 2. The Morgan fingerprint density at radius 3 is 2.57 bits per heavy atom. The van der Waals surface area contributed by atoms with Gasteiger partial charge in [-0.1, -0.05) is 13.3 Å². The van der Waals surface area contributed by atoms with E-state index in [2.05, 4.69) is 10.6 Å². The number of urea groups is 1. The van der Waals surface area contributed by atoms with Gasteiger partial charge in [0.05, 0.1) is 12.0 Å². The molecule has 124 valence electrons. The lowest BCUT2D eigenvalue weighted by Gasteiger charge is -2.31. The van der Waals surface area contributed by atoms with Gasteiger partial charge < -0.3 is 15.7 Å². The first kappa shape index (κ1) is 18.1. The van der Waals surface area contributed by atoms with E-state index in [-0.39, 0.29) is 18.8 Å². The zero-order chi connectivity index (χ0) is 16.0. The number of rotatable bonds is 5. The van der Waals surface area contributed by atoms with Crippen molar-refractivity contribution in [2.45, 2.75) is 64.3 Å². The molecule has 3 N–H and O–H groups in total. The monoisotopic (exact) mass is 310 g/mol. The van der Waals surface area contributed by atoms with Gasteiger partial charge in [0.15, 0.2) is 0 Å². The lowest BCUT2D eigenvalue weighted by molar-refractivity contribution is -0.183. The summed E-state index contributed by atoms with van der Waals surface area (Å²) < 4.78 is 38.0. The van der Waals surface area contributed by atoms with Crippen molar-refractivity contribution in [3.8, 4) is 0 Å². The maximum absolute atomic E-state index is 12.7. The van der Waals surface area contributed by atoms with Gasteiger partial charge in [-0.25, -0.2) is 4.79 Å². The topological polar surface area (TPSA) is 61.4 Å². The highest BCUT2D eigenvalue weighted by Gasteiger charge is 2.42. The molecule has 21 heavy (non-hydrogen) atoms. The summed E-state index contributed by atoms with van der Waals surface area (Å²) in [5, 5.41) is 14.5. The Morgan fingerprint density at radius 1 is 1.33 bits per heavy atom. The van der Waals surface area contributed by atoms with Crippen molar-refractivity contribution in [2.75, 3.05) is 6.54 Å². The van der Waals surface area contributed by atoms with Crippen molar-refractivity contribution in [2.24, 2.45) is 11.8 Å². The number of carbonyl (C=O) groups is 1. The third-order valence-electron chi connectivity index (χ3n) is 3.83. The van der Waals surface area contributed by atoms with Crippen LogP contribution in [0.2, 0.25) is 0 Å². The number of carbonyl (C=O) groups excluding carboxylic acids is 1. The third kappa shape index (κ3) is 7.02. The minimum absolute atomic E-state index is 0.0415. The molecule has 0 aliphatic heterocycles. The van der Waals surface area contributed by atoms with Crippen molar-refractivity contribution >= 4 is 6.03 Å². The lowest BCUT2D eigenvalue weighted by Crippen LogP contribution is -2.46. The van der Waals surface area contributed by atoms with Gasteiger partial charge in [0.25, 0.3) is 0 Å². The molecule has 0 radical (unpaired) electrons. The number of hydrogen-bond acceptors (Lipinski definition) is 2. The van der Waals surface area contributed by atoms with E-state index in [9.17, 15) is 23.1 Å². The molecular formula is C14H25F3N2O2. The molecule has 0 aromatic heterocycles. The van der Waals surface area contributed by atoms with Crippen molar-refractivity contribution < 1.29 is 23.1 Å². The number of hydrogen-bond donors (Lipinski definition) is 3. The molecule has 0 heterocycles. The minimum Gasteiger partial charge on any atom is -0.393 e. The fraction of sp³-hybridized carbons (Fsp3) is 0.929. The van der Waals surface area contributed by atoms with E-state index in [1.54, 1.807) is 6.92 Å². The average Bonchev–Trinajstić information content (AvgIpc) is 2.35. The van der Waals surface area contributed by atoms with Crippen molar-refractivity contribution in [1.82, 2.24) is 10.6 Å². The van der Waals surface area contributed by atoms with Crippen LogP contribution < -0.4 is 10.6 Å². The first-order chi connectivity index (χ1) is 9.68. The summed E-state index contributed by atoms with van der Waals surface area (Å²) in [4.78, 5) is 11.7. The Kier molecular flexibility index (Phi) is 6.77. The zero-order valence-corrected chi connectivity index (χ0v) is 12.5. The van der Waals surface area contributed by atoms with Gasteiger partial charge in [0.2, 0.25) is 0 Å². The first-order valence-electron chi connectivity index (χ1n) is 7.47. The molecule has 0 saturated heterocycles. The molecule has 0 aromatic carbocycles. The Bertz CT molecular complexity index is 335. The summed E-state index contributed by atoms with van der Waals surface area (Å²) in [5.41, 5.74) is 0. The maximum Gasteiger partial charge on any atom is 0.391 e. The highest BCUT2D eigenvalue weighted by atomic mass is 19.4. The molecule has 0 aromatic rings. The fourth-order valence-electron chi connectivity index (χ4n) is 2.79. The van der Waals surface area contributed by atoms with Gasteiger partial charge in [0, 0.05) is 12.6 Å². The molecule has 4 nitrogen and oxygen atoms in total. The average molecular weight is 310 g/mol. The van der Waals surface area contributed by atoms with Crippen molar-refractivity contribution in [3.05, 3.63) is 0 Å². The van der Waals surface area contributed by atoms with Gasteiger partial charge in [-0.3, -0.25) is 0 Å². The van der Waals surface area contributed by atoms with Crippen LogP contribution in [-0.2, 0) is 0 Å². The first-order valence-corrected chi connectivity index (χ1v) is 7.47. The van der Waals surface area contributed by atoms with E-state index in [4.69, 9.17) is 0 Å². The SMILES string of the molecule is CC(O)CC(C)CNC(=O)NC1CCCC(C(F)(F)F)C1. The predicted octanol–water partition coefficient (Wildman–Crippen LogP) is 2.81. The van der Waals surface area contributed by atoms with Crippen LogP contribution in [0.5, 0.6) is 0 Å². The van der Waals surface area contributed by atoms with Crippen LogP contribution in [0, 0.1) is 11.8 Å². The van der Waals surface area contributed by atoms with Gasteiger partial charge in [-0.2, -0.15) is 13.2 Å². The van der Waals surface area contributed by atoms with Gasteiger partial charge in [-0.15, -0.1) is 0 Å². The zero-order valence-electron chi connectivity index (χ0n) is 12.5. The van der Waals surface area contributed by atoms with Gasteiger partial charge >= 0.3 is 12.2 Å². The molecule has 7 heteroatoms. The molecule has 1 fully saturated rings. The molecule has 1 aliphatic carbocycles. The Hall–Kier alpha value is -0.980. The molecular weight excluding hydrogens is 285 g/mol. The molecule has 0 bridgehead atoms. The highest BCUT2D eigenvalue weighted by Crippen LogP contribution is 2.37. The van der Waals surface area contributed by atoms with Gasteiger partial charge in [0.1, 0.15) is 0 Å². The quantitative estimate of drug-likeness (QED) is 0.731. The largest absolute Gasteiger partial charge is 0.393 e. The summed E-state index contributed by atoms with van der Waals surface area (Å²) >= 11 is 0. The van der Waals surface area contributed by atoms with Crippen molar-refractivity contribution in [3.63, 3.8) is 0 Å². The Morgan fingerprint density at radius 2 is 2.00 bits per heavy atom. The number of amides is 2. The third-order valence-corrected chi connectivity index (χ3v) is 3.83. The van der Waals surface area contributed by atoms with Crippen LogP contribution >= 0.6 is 0 Å². The maximum atomic E-state index is 12.7. The minimum atomic E-state index is -4.18. The van der Waals surface area contributed by atoms with Crippen LogP contribution in [0.25, 0.3) is 0 Å². The van der Waals surface area contributed by atoms with Crippen LogP contribution in [0.4, 0.5) is 18.0 Å². The molecule has 0 spiro atoms. The number of aliphatic hydroxyl groups is 1. The van der Waals surface area contributed by atoms with E-state index in [1.165, 1.54) is 0 Å². The van der Waals surface area contributed by atoms with Crippen molar-refractivity contribution in [1.29, 1.82) is 0 Å². The van der Waals surface area contributed by atoms with Gasteiger partial charge in [-0.05, 0) is 38.5 Å². The fourth-order valence-corrected chi connectivity index (χ4v) is 2.79. The Labute approximate surface area is 123 Å². The van der Waals surface area contributed by atoms with E-state index in [1.807, 2.05) is 6.92 Å². The van der Waals surface area contributed by atoms with E-state index in [0.29, 0.717) is 25.8 Å². The molecule has 4 atom stereocenters. The number of halogens is 3. The second-order valence-electron chi connectivity index (χ2n) is 6.15. The Balaban J connectivity index is 2.31. The molecule has 2 amide bonds. The second-order valence-corrected chi connectivity index (χ2v) is 6.15. The second kappa shape index (κ2) is 7.87. The summed E-state index contributed by atoms with van der Waals surface area (Å²) in [5.74, 6) is -1.20. The summed E-state index contributed by atoms with van der Waals surface area (Å²) in [7, 11) is 0. The lowest BCUT2D eigenvalue weighted by atomic mass is 9.85. The summed E-state index contributed by atoms with van der Waals surface area (Å²) in [6.45, 7) is 3.97.